The van der Waals surface area contributed by atoms with E-state index in [0.717, 1.165) is 22.0 Å². The van der Waals surface area contributed by atoms with Gasteiger partial charge in [-0.3, -0.25) is 9.48 Å². The van der Waals surface area contributed by atoms with Crippen LogP contribution in [0.2, 0.25) is 0 Å². The van der Waals surface area contributed by atoms with Gasteiger partial charge >= 0.3 is 0 Å². The first-order valence-corrected chi connectivity index (χ1v) is 7.08. The van der Waals surface area contributed by atoms with Crippen LogP contribution in [0.25, 0.3) is 10.9 Å². The molecule has 0 atom stereocenters. The van der Waals surface area contributed by atoms with E-state index >= 15 is 0 Å². The molecule has 2 aromatic heterocycles. The summed E-state index contributed by atoms with van der Waals surface area (Å²) in [5, 5.41) is 5.43. The molecule has 0 amide bonds. The lowest BCUT2D eigenvalue weighted by molar-refractivity contribution is 0.355. The number of nitrogens with one attached hydrogen (secondary N) is 1. The molecular formula is C17H19N3O. The van der Waals surface area contributed by atoms with Crippen molar-refractivity contribution in [3.8, 4) is 0 Å². The third-order valence-corrected chi connectivity index (χ3v) is 3.55. The van der Waals surface area contributed by atoms with Gasteiger partial charge in [0.1, 0.15) is 0 Å². The van der Waals surface area contributed by atoms with Crippen molar-refractivity contribution in [2.75, 3.05) is 0 Å². The molecule has 1 N–H and O–H groups in total. The van der Waals surface area contributed by atoms with Gasteiger partial charge in [0, 0.05) is 23.7 Å². The maximum absolute atomic E-state index is 12.2. The Hall–Kier alpha value is -2.36. The Labute approximate surface area is 123 Å². The van der Waals surface area contributed by atoms with Crippen molar-refractivity contribution in [3.63, 3.8) is 0 Å². The normalized spacial score (nSPS) is 12.0. The van der Waals surface area contributed by atoms with Crippen LogP contribution in [0.3, 0.4) is 0 Å². The summed E-state index contributed by atoms with van der Waals surface area (Å²) in [5.41, 5.74) is 2.61. The molecular weight excluding hydrogens is 262 g/mol. The van der Waals surface area contributed by atoms with Gasteiger partial charge in [-0.2, -0.15) is 5.10 Å². The monoisotopic (exact) mass is 281 g/mol. The number of pyridine rings is 1. The van der Waals surface area contributed by atoms with Crippen molar-refractivity contribution in [1.82, 2.24) is 14.8 Å². The SMILES string of the molecule is CC(C)(C)n1cc(Cc2cc3ccccc3[nH]c2=O)cn1. The molecule has 108 valence electrons. The fourth-order valence-corrected chi connectivity index (χ4v) is 2.36. The Kier molecular flexibility index (Phi) is 3.16. The standard InChI is InChI=1S/C17H19N3O/c1-17(2,3)20-11-12(10-18-20)8-14-9-13-6-4-5-7-15(13)19-16(14)21/h4-7,9-11H,8H2,1-3H3,(H,19,21). The first kappa shape index (κ1) is 13.6. The van der Waals surface area contributed by atoms with Crippen LogP contribution in [-0.2, 0) is 12.0 Å². The third-order valence-electron chi connectivity index (χ3n) is 3.55. The van der Waals surface area contributed by atoms with Gasteiger partial charge in [-0.15, -0.1) is 0 Å². The van der Waals surface area contributed by atoms with Crippen molar-refractivity contribution in [2.24, 2.45) is 0 Å². The van der Waals surface area contributed by atoms with E-state index in [1.54, 1.807) is 0 Å². The van der Waals surface area contributed by atoms with Crippen LogP contribution < -0.4 is 5.56 Å². The molecule has 4 nitrogen and oxygen atoms in total. The molecule has 0 bridgehead atoms. The summed E-state index contributed by atoms with van der Waals surface area (Å²) in [6.07, 6.45) is 4.44. The molecule has 0 aliphatic heterocycles. The highest BCUT2D eigenvalue weighted by molar-refractivity contribution is 5.78. The molecule has 0 aliphatic rings. The van der Waals surface area contributed by atoms with E-state index in [9.17, 15) is 4.79 Å². The van der Waals surface area contributed by atoms with Gasteiger partial charge in [-0.1, -0.05) is 18.2 Å². The summed E-state index contributed by atoms with van der Waals surface area (Å²) in [7, 11) is 0. The van der Waals surface area contributed by atoms with E-state index in [-0.39, 0.29) is 11.1 Å². The number of aromatic amines is 1. The van der Waals surface area contributed by atoms with Gasteiger partial charge in [0.05, 0.1) is 11.7 Å². The molecule has 0 radical (unpaired) electrons. The molecule has 0 unspecified atom stereocenters. The van der Waals surface area contributed by atoms with Gasteiger partial charge in [0.25, 0.3) is 5.56 Å². The molecule has 2 heterocycles. The second-order valence-corrected chi connectivity index (χ2v) is 6.35. The third kappa shape index (κ3) is 2.75. The highest BCUT2D eigenvalue weighted by Crippen LogP contribution is 2.16. The van der Waals surface area contributed by atoms with Crippen LogP contribution in [0, 0.1) is 0 Å². The molecule has 4 heteroatoms. The Morgan fingerprint density at radius 1 is 1.24 bits per heavy atom. The largest absolute Gasteiger partial charge is 0.322 e. The smallest absolute Gasteiger partial charge is 0.251 e. The highest BCUT2D eigenvalue weighted by Gasteiger charge is 2.14. The number of hydrogen-bond acceptors (Lipinski definition) is 2. The van der Waals surface area contributed by atoms with E-state index < -0.39 is 0 Å². The van der Waals surface area contributed by atoms with Crippen molar-refractivity contribution >= 4 is 10.9 Å². The van der Waals surface area contributed by atoms with Crippen LogP contribution in [0.15, 0.2) is 47.5 Å². The molecule has 0 saturated heterocycles. The highest BCUT2D eigenvalue weighted by atomic mass is 16.1. The van der Waals surface area contributed by atoms with E-state index in [0.29, 0.717) is 6.42 Å². The number of para-hydroxylation sites is 1. The van der Waals surface area contributed by atoms with Gasteiger partial charge in [0.2, 0.25) is 0 Å². The fraction of sp³-hybridized carbons (Fsp3) is 0.294. The topological polar surface area (TPSA) is 50.7 Å². The van der Waals surface area contributed by atoms with Crippen LogP contribution in [0.5, 0.6) is 0 Å². The number of fused-ring (bicyclic) bond motifs is 1. The lowest BCUT2D eigenvalue weighted by Gasteiger charge is -2.18. The maximum atomic E-state index is 12.2. The minimum Gasteiger partial charge on any atom is -0.322 e. The first-order valence-electron chi connectivity index (χ1n) is 7.08. The minimum absolute atomic E-state index is 0.0304. The summed E-state index contributed by atoms with van der Waals surface area (Å²) >= 11 is 0. The Morgan fingerprint density at radius 3 is 2.71 bits per heavy atom. The van der Waals surface area contributed by atoms with E-state index in [1.807, 2.05) is 47.4 Å². The number of hydrogen-bond donors (Lipinski definition) is 1. The number of benzene rings is 1. The van der Waals surface area contributed by atoms with Gasteiger partial charge in [-0.25, -0.2) is 0 Å². The molecule has 0 spiro atoms. The van der Waals surface area contributed by atoms with E-state index in [2.05, 4.69) is 30.9 Å². The first-order chi connectivity index (χ1) is 9.93. The molecule has 0 aliphatic carbocycles. The second-order valence-electron chi connectivity index (χ2n) is 6.35. The average Bonchev–Trinajstić information content (AvgIpc) is 2.88. The zero-order valence-electron chi connectivity index (χ0n) is 12.6. The van der Waals surface area contributed by atoms with Crippen molar-refractivity contribution in [2.45, 2.75) is 32.7 Å². The predicted molar refractivity (Wildman–Crippen MR) is 84.6 cm³/mol. The Bertz CT molecular complexity index is 837. The number of rotatable bonds is 2. The second kappa shape index (κ2) is 4.88. The van der Waals surface area contributed by atoms with Crippen molar-refractivity contribution in [1.29, 1.82) is 0 Å². The minimum atomic E-state index is -0.0476. The predicted octanol–water partition coefficient (Wildman–Crippen LogP) is 3.07. The van der Waals surface area contributed by atoms with Crippen LogP contribution in [0.1, 0.15) is 31.9 Å². The summed E-state index contributed by atoms with van der Waals surface area (Å²) in [6, 6.07) is 9.78. The Morgan fingerprint density at radius 2 is 2.00 bits per heavy atom. The zero-order chi connectivity index (χ0) is 15.0. The molecule has 0 fully saturated rings. The quantitative estimate of drug-likeness (QED) is 0.785. The lowest BCUT2D eigenvalue weighted by Crippen LogP contribution is -2.22. The maximum Gasteiger partial charge on any atom is 0.251 e. The van der Waals surface area contributed by atoms with Gasteiger partial charge < -0.3 is 4.98 Å². The molecule has 3 aromatic rings. The van der Waals surface area contributed by atoms with E-state index in [4.69, 9.17) is 0 Å². The van der Waals surface area contributed by atoms with Crippen molar-refractivity contribution in [3.05, 3.63) is 64.2 Å². The summed E-state index contributed by atoms with van der Waals surface area (Å²) in [6.45, 7) is 6.31. The fourth-order valence-electron chi connectivity index (χ4n) is 2.36. The summed E-state index contributed by atoms with van der Waals surface area (Å²) < 4.78 is 1.93. The molecule has 3 rings (SSSR count). The van der Waals surface area contributed by atoms with E-state index in [1.165, 1.54) is 0 Å². The lowest BCUT2D eigenvalue weighted by atomic mass is 10.1. The van der Waals surface area contributed by atoms with Crippen LogP contribution in [-0.4, -0.2) is 14.8 Å². The summed E-state index contributed by atoms with van der Waals surface area (Å²) in [4.78, 5) is 15.1. The Balaban J connectivity index is 1.96. The van der Waals surface area contributed by atoms with Crippen LogP contribution in [0.4, 0.5) is 0 Å². The molecule has 0 saturated carbocycles. The van der Waals surface area contributed by atoms with Crippen LogP contribution >= 0.6 is 0 Å². The molecule has 1 aromatic carbocycles. The van der Waals surface area contributed by atoms with Gasteiger partial charge in [0.15, 0.2) is 0 Å². The number of nitrogens with zero attached hydrogens (tertiary/aromatic N) is 2. The number of H-pyrrole nitrogens is 1. The molecule has 21 heavy (non-hydrogen) atoms. The number of aromatic nitrogens is 3. The van der Waals surface area contributed by atoms with Gasteiger partial charge in [-0.05, 0) is 43.9 Å². The van der Waals surface area contributed by atoms with Crippen molar-refractivity contribution < 1.29 is 0 Å². The average molecular weight is 281 g/mol. The zero-order valence-corrected chi connectivity index (χ0v) is 12.6. The summed E-state index contributed by atoms with van der Waals surface area (Å²) in [5.74, 6) is 0.